The van der Waals surface area contributed by atoms with Gasteiger partial charge in [-0.15, -0.1) is 0 Å². The van der Waals surface area contributed by atoms with Crippen molar-refractivity contribution in [2.45, 2.75) is 90.1 Å². The Labute approximate surface area is 271 Å². The summed E-state index contributed by atoms with van der Waals surface area (Å²) in [4.78, 5) is 0. The van der Waals surface area contributed by atoms with Gasteiger partial charge in [0.25, 0.3) is 0 Å². The molecule has 0 saturated heterocycles. The van der Waals surface area contributed by atoms with E-state index < -0.39 is 46.5 Å². The van der Waals surface area contributed by atoms with E-state index in [0.717, 1.165) is 55.4 Å². The monoisotopic (exact) mass is 656 g/mol. The number of alkyl halides is 2. The van der Waals surface area contributed by atoms with Crippen molar-refractivity contribution in [3.8, 4) is 28.0 Å². The number of hydrogen-bond donors (Lipinski definition) is 0. The largest absolute Gasteiger partial charge is 0.432 e. The van der Waals surface area contributed by atoms with E-state index in [1.165, 1.54) is 49.9 Å². The Morgan fingerprint density at radius 1 is 0.638 bits per heavy atom. The Kier molecular flexibility index (Phi) is 11.0. The predicted octanol–water partition coefficient (Wildman–Crippen LogP) is 12.7. The summed E-state index contributed by atoms with van der Waals surface area (Å²) < 4.78 is 109. The molecule has 0 aliphatic heterocycles. The second kappa shape index (κ2) is 15.0. The number of unbranched alkanes of at least 4 members (excludes halogenated alkanes) is 2. The molecule has 250 valence electrons. The Hall–Kier alpha value is -3.81. The minimum absolute atomic E-state index is 0.177. The van der Waals surface area contributed by atoms with E-state index in [1.54, 1.807) is 6.07 Å². The molecule has 0 unspecified atom stereocenters. The van der Waals surface area contributed by atoms with Crippen LogP contribution in [0.5, 0.6) is 5.75 Å². The van der Waals surface area contributed by atoms with Crippen LogP contribution < -0.4 is 4.74 Å². The highest BCUT2D eigenvalue weighted by Crippen LogP contribution is 2.41. The van der Waals surface area contributed by atoms with E-state index in [0.29, 0.717) is 30.5 Å². The first-order valence-electron chi connectivity index (χ1n) is 16.4. The summed E-state index contributed by atoms with van der Waals surface area (Å²) in [6.07, 6.45) is 5.74. The van der Waals surface area contributed by atoms with Crippen molar-refractivity contribution in [2.24, 2.45) is 5.92 Å². The molecule has 5 rings (SSSR count). The molecule has 47 heavy (non-hydrogen) atoms. The van der Waals surface area contributed by atoms with Gasteiger partial charge in [0.05, 0.1) is 0 Å². The minimum Gasteiger partial charge on any atom is -0.429 e. The summed E-state index contributed by atoms with van der Waals surface area (Å²) in [5, 5.41) is 0. The van der Waals surface area contributed by atoms with E-state index in [-0.39, 0.29) is 28.2 Å². The van der Waals surface area contributed by atoms with Crippen LogP contribution in [0.2, 0.25) is 0 Å². The quantitative estimate of drug-likeness (QED) is 0.109. The SMILES string of the molecule is CCCCCC1CCC(c2ccc(-c3ccc(-c4cc(F)c(C(F)(F)Oc5ccc(CCC)c(F)c5)c(F)c4)c(F)c3)c(F)c2)CC1. The van der Waals surface area contributed by atoms with Crippen LogP contribution in [0.1, 0.15) is 94.2 Å². The number of rotatable bonds is 12. The van der Waals surface area contributed by atoms with Crippen molar-refractivity contribution in [2.75, 3.05) is 0 Å². The third-order valence-electron chi connectivity index (χ3n) is 9.24. The van der Waals surface area contributed by atoms with Crippen LogP contribution in [0, 0.1) is 35.0 Å². The standard InChI is InChI=1S/C39H39F7O/c1-3-5-6-8-24-9-11-25(12-10-24)27-14-17-31(34(41)19-27)28-15-18-32(35(42)20-28)29-21-36(43)38(37(44)22-29)39(45,46)47-30-16-13-26(7-4-2)33(40)23-30/h13-25H,3-12H2,1-2H3. The average molecular weight is 657 g/mol. The fraction of sp³-hybridized carbons (Fsp3) is 0.385. The molecular formula is C39H39F7O. The van der Waals surface area contributed by atoms with Crippen LogP contribution in [0.3, 0.4) is 0 Å². The lowest BCUT2D eigenvalue weighted by atomic mass is 9.77. The van der Waals surface area contributed by atoms with Gasteiger partial charge >= 0.3 is 6.11 Å². The zero-order valence-corrected chi connectivity index (χ0v) is 26.6. The number of halogens is 7. The van der Waals surface area contributed by atoms with E-state index in [1.807, 2.05) is 13.0 Å². The van der Waals surface area contributed by atoms with Crippen molar-refractivity contribution in [3.63, 3.8) is 0 Å². The first kappa shape index (κ1) is 34.5. The third kappa shape index (κ3) is 8.02. The van der Waals surface area contributed by atoms with E-state index in [9.17, 15) is 13.2 Å². The Morgan fingerprint density at radius 3 is 1.89 bits per heavy atom. The maximum atomic E-state index is 15.3. The molecule has 8 heteroatoms. The van der Waals surface area contributed by atoms with Crippen LogP contribution in [-0.2, 0) is 12.5 Å². The molecule has 1 saturated carbocycles. The van der Waals surface area contributed by atoms with Gasteiger partial charge in [-0.3, -0.25) is 0 Å². The van der Waals surface area contributed by atoms with Crippen LogP contribution in [0.25, 0.3) is 22.3 Å². The van der Waals surface area contributed by atoms with Crippen molar-refractivity contribution < 1.29 is 35.5 Å². The number of hydrogen-bond acceptors (Lipinski definition) is 1. The number of aryl methyl sites for hydroxylation is 1. The molecule has 1 fully saturated rings. The van der Waals surface area contributed by atoms with Gasteiger partial charge in [0.2, 0.25) is 0 Å². The molecule has 0 spiro atoms. The van der Waals surface area contributed by atoms with Crippen LogP contribution in [0.4, 0.5) is 30.7 Å². The van der Waals surface area contributed by atoms with Crippen molar-refractivity contribution >= 4 is 0 Å². The van der Waals surface area contributed by atoms with Gasteiger partial charge in [-0.05, 0) is 96.5 Å². The van der Waals surface area contributed by atoms with Gasteiger partial charge in [-0.25, -0.2) is 22.0 Å². The van der Waals surface area contributed by atoms with Gasteiger partial charge in [0.15, 0.2) is 0 Å². The summed E-state index contributed by atoms with van der Waals surface area (Å²) in [7, 11) is 0. The summed E-state index contributed by atoms with van der Waals surface area (Å²) in [6, 6.07) is 12.9. The van der Waals surface area contributed by atoms with Crippen molar-refractivity contribution in [1.82, 2.24) is 0 Å². The Bertz CT molecular complexity index is 1670. The molecular weight excluding hydrogens is 617 g/mol. The van der Waals surface area contributed by atoms with Gasteiger partial charge in [0, 0.05) is 17.2 Å². The molecule has 1 nitrogen and oxygen atoms in total. The third-order valence-corrected chi connectivity index (χ3v) is 9.24. The molecule has 4 aromatic rings. The average Bonchev–Trinajstić information content (AvgIpc) is 3.02. The van der Waals surface area contributed by atoms with Crippen molar-refractivity contribution in [1.29, 1.82) is 0 Å². The molecule has 1 aliphatic rings. The van der Waals surface area contributed by atoms with E-state index >= 15 is 17.6 Å². The van der Waals surface area contributed by atoms with Crippen LogP contribution >= 0.6 is 0 Å². The van der Waals surface area contributed by atoms with Gasteiger partial charge < -0.3 is 4.74 Å². The Morgan fingerprint density at radius 2 is 1.28 bits per heavy atom. The second-order valence-electron chi connectivity index (χ2n) is 12.6. The van der Waals surface area contributed by atoms with Gasteiger partial charge in [0.1, 0.15) is 40.4 Å². The fourth-order valence-electron chi connectivity index (χ4n) is 6.67. The van der Waals surface area contributed by atoms with Crippen molar-refractivity contribution in [3.05, 3.63) is 113 Å². The first-order valence-corrected chi connectivity index (χ1v) is 16.4. The minimum atomic E-state index is -4.49. The normalized spacial score (nSPS) is 16.8. The summed E-state index contributed by atoms with van der Waals surface area (Å²) in [5.41, 5.74) is -0.670. The van der Waals surface area contributed by atoms with E-state index in [2.05, 4.69) is 11.7 Å². The molecule has 0 radical (unpaired) electrons. The molecule has 4 aromatic carbocycles. The fourth-order valence-corrected chi connectivity index (χ4v) is 6.67. The van der Waals surface area contributed by atoms with Gasteiger partial charge in [-0.1, -0.05) is 76.3 Å². The van der Waals surface area contributed by atoms with Gasteiger partial charge in [-0.2, -0.15) is 8.78 Å². The Balaban J connectivity index is 1.31. The zero-order valence-electron chi connectivity index (χ0n) is 26.6. The lowest BCUT2D eigenvalue weighted by molar-refractivity contribution is -0.189. The van der Waals surface area contributed by atoms with Crippen LogP contribution in [-0.4, -0.2) is 0 Å². The molecule has 0 heterocycles. The summed E-state index contributed by atoms with van der Waals surface area (Å²) >= 11 is 0. The molecule has 1 aliphatic carbocycles. The molecule has 0 aromatic heterocycles. The number of ether oxygens (including phenoxy) is 1. The molecule has 0 bridgehead atoms. The lowest BCUT2D eigenvalue weighted by Gasteiger charge is -2.29. The molecule has 0 amide bonds. The highest BCUT2D eigenvalue weighted by atomic mass is 19.3. The zero-order chi connectivity index (χ0) is 33.7. The predicted molar refractivity (Wildman–Crippen MR) is 171 cm³/mol. The first-order chi connectivity index (χ1) is 22.5. The maximum absolute atomic E-state index is 15.3. The molecule has 0 atom stereocenters. The highest BCUT2D eigenvalue weighted by Gasteiger charge is 2.41. The van der Waals surface area contributed by atoms with Crippen LogP contribution in [0.15, 0.2) is 66.7 Å². The maximum Gasteiger partial charge on any atom is 0.432 e. The summed E-state index contributed by atoms with van der Waals surface area (Å²) in [6.45, 7) is 4.02. The van der Waals surface area contributed by atoms with E-state index in [4.69, 9.17) is 0 Å². The smallest absolute Gasteiger partial charge is 0.429 e. The number of benzene rings is 4. The molecule has 0 N–H and O–H groups in total. The highest BCUT2D eigenvalue weighted by molar-refractivity contribution is 5.72. The second-order valence-corrected chi connectivity index (χ2v) is 12.6. The lowest BCUT2D eigenvalue weighted by Crippen LogP contribution is -2.25. The topological polar surface area (TPSA) is 9.23 Å². The summed E-state index contributed by atoms with van der Waals surface area (Å²) in [5.74, 6) is -5.14.